The van der Waals surface area contributed by atoms with Crippen LogP contribution in [0.25, 0.3) is 0 Å². The van der Waals surface area contributed by atoms with Gasteiger partial charge in [0.05, 0.1) is 0 Å². The van der Waals surface area contributed by atoms with Crippen LogP contribution in [0.2, 0.25) is 0 Å². The van der Waals surface area contributed by atoms with Crippen molar-refractivity contribution in [3.63, 3.8) is 0 Å². The summed E-state index contributed by atoms with van der Waals surface area (Å²) in [7, 11) is 0. The number of anilines is 1. The van der Waals surface area contributed by atoms with Crippen LogP contribution in [0.3, 0.4) is 0 Å². The summed E-state index contributed by atoms with van der Waals surface area (Å²) in [6.07, 6.45) is 4.06. The zero-order valence-corrected chi connectivity index (χ0v) is 10.8. The summed E-state index contributed by atoms with van der Waals surface area (Å²) in [5.74, 6) is -0.407. The zero-order chi connectivity index (χ0) is 13.4. The van der Waals surface area contributed by atoms with Crippen molar-refractivity contribution in [3.05, 3.63) is 18.3 Å². The van der Waals surface area contributed by atoms with Crippen molar-refractivity contribution < 1.29 is 14.7 Å². The largest absolute Gasteiger partial charge is 0.481 e. The molecule has 1 aromatic rings. The molecule has 0 spiro atoms. The fourth-order valence-electron chi connectivity index (χ4n) is 1.18. The van der Waals surface area contributed by atoms with E-state index in [2.05, 4.69) is 15.6 Å². The smallest absolute Gasteiger partial charge is 0.320 e. The van der Waals surface area contributed by atoms with E-state index in [0.717, 1.165) is 4.90 Å². The lowest BCUT2D eigenvalue weighted by Crippen LogP contribution is -2.30. The van der Waals surface area contributed by atoms with E-state index >= 15 is 0 Å². The van der Waals surface area contributed by atoms with E-state index < -0.39 is 5.97 Å². The molecule has 0 bridgehead atoms. The molecular weight excluding hydrogens is 254 g/mol. The Hall–Kier alpha value is -1.76. The number of carbonyl (C=O) groups is 2. The highest BCUT2D eigenvalue weighted by Crippen LogP contribution is 2.14. The van der Waals surface area contributed by atoms with E-state index in [1.807, 2.05) is 12.3 Å². The number of amides is 2. The number of aromatic nitrogens is 1. The summed E-state index contributed by atoms with van der Waals surface area (Å²) in [5, 5.41) is 13.5. The predicted molar refractivity (Wildman–Crippen MR) is 69.9 cm³/mol. The van der Waals surface area contributed by atoms with E-state index in [4.69, 9.17) is 5.11 Å². The molecule has 0 fully saturated rings. The molecule has 98 valence electrons. The summed E-state index contributed by atoms with van der Waals surface area (Å²) in [4.78, 5) is 26.7. The number of aliphatic carboxylic acids is 1. The van der Waals surface area contributed by atoms with Gasteiger partial charge in [-0.05, 0) is 24.8 Å². The van der Waals surface area contributed by atoms with Crippen LogP contribution in [-0.4, -0.2) is 34.9 Å². The third-order valence-corrected chi connectivity index (χ3v) is 2.78. The Bertz CT molecular complexity index is 408. The predicted octanol–water partition coefficient (Wildman–Crippen LogP) is 1.79. The first kappa shape index (κ1) is 14.3. The van der Waals surface area contributed by atoms with Gasteiger partial charge in [-0.25, -0.2) is 9.78 Å². The van der Waals surface area contributed by atoms with Gasteiger partial charge in [0, 0.05) is 24.1 Å². The van der Waals surface area contributed by atoms with E-state index in [9.17, 15) is 9.59 Å². The summed E-state index contributed by atoms with van der Waals surface area (Å²) in [6.45, 7) is 0.320. The Balaban J connectivity index is 2.28. The van der Waals surface area contributed by atoms with Gasteiger partial charge < -0.3 is 10.4 Å². The molecule has 0 aliphatic heterocycles. The molecule has 3 N–H and O–H groups in total. The third-order valence-electron chi connectivity index (χ3n) is 2.07. The van der Waals surface area contributed by atoms with Crippen molar-refractivity contribution in [2.45, 2.75) is 17.7 Å². The lowest BCUT2D eigenvalue weighted by atomic mass is 10.3. The van der Waals surface area contributed by atoms with E-state index in [0.29, 0.717) is 18.8 Å². The highest BCUT2D eigenvalue weighted by Gasteiger charge is 2.03. The van der Waals surface area contributed by atoms with Crippen LogP contribution in [-0.2, 0) is 4.79 Å². The highest BCUT2D eigenvalue weighted by molar-refractivity contribution is 7.98. The molecule has 1 rings (SSSR count). The van der Waals surface area contributed by atoms with Crippen LogP contribution in [0.15, 0.2) is 23.2 Å². The molecule has 0 atom stereocenters. The highest BCUT2D eigenvalue weighted by atomic mass is 32.2. The third kappa shape index (κ3) is 5.53. The number of carboxylic acid groups (broad SMARTS) is 1. The van der Waals surface area contributed by atoms with Crippen LogP contribution in [0.1, 0.15) is 12.8 Å². The molecule has 7 heteroatoms. The zero-order valence-electron chi connectivity index (χ0n) is 9.97. The Labute approximate surface area is 109 Å². The Morgan fingerprint density at radius 3 is 2.78 bits per heavy atom. The molecule has 0 unspecified atom stereocenters. The minimum absolute atomic E-state index is 0.0426. The Morgan fingerprint density at radius 1 is 1.44 bits per heavy atom. The first-order valence-corrected chi connectivity index (χ1v) is 6.61. The summed E-state index contributed by atoms with van der Waals surface area (Å²) >= 11 is 1.57. The molecule has 1 heterocycles. The van der Waals surface area contributed by atoms with Gasteiger partial charge in [-0.15, -0.1) is 11.8 Å². The van der Waals surface area contributed by atoms with Crippen molar-refractivity contribution >= 4 is 29.6 Å². The van der Waals surface area contributed by atoms with Gasteiger partial charge in [0.15, 0.2) is 0 Å². The average molecular weight is 269 g/mol. The molecule has 0 saturated carbocycles. The molecule has 6 nitrogen and oxygen atoms in total. The minimum atomic E-state index is -0.869. The van der Waals surface area contributed by atoms with Crippen LogP contribution >= 0.6 is 11.8 Å². The van der Waals surface area contributed by atoms with Crippen molar-refractivity contribution in [1.29, 1.82) is 0 Å². The number of carbonyl (C=O) groups excluding carboxylic acids is 1. The molecule has 0 radical (unpaired) electrons. The van der Waals surface area contributed by atoms with Gasteiger partial charge in [0.25, 0.3) is 0 Å². The normalized spacial score (nSPS) is 9.83. The SMILES string of the molecule is CSc1ccc(NC(=O)NCCCC(=O)O)nc1. The van der Waals surface area contributed by atoms with Crippen LogP contribution < -0.4 is 10.6 Å². The summed E-state index contributed by atoms with van der Waals surface area (Å²) in [5.41, 5.74) is 0. The Kier molecular flexibility index (Phi) is 5.99. The molecule has 2 amide bonds. The number of rotatable bonds is 6. The first-order valence-electron chi connectivity index (χ1n) is 5.38. The Morgan fingerprint density at radius 2 is 2.22 bits per heavy atom. The molecule has 0 aliphatic carbocycles. The maximum absolute atomic E-state index is 11.4. The number of thioether (sulfide) groups is 1. The maximum Gasteiger partial charge on any atom is 0.320 e. The second-order valence-electron chi connectivity index (χ2n) is 3.46. The maximum atomic E-state index is 11.4. The molecule has 0 saturated heterocycles. The monoisotopic (exact) mass is 269 g/mol. The van der Waals surface area contributed by atoms with E-state index in [1.165, 1.54) is 0 Å². The number of nitrogens with one attached hydrogen (secondary N) is 2. The van der Waals surface area contributed by atoms with Crippen molar-refractivity contribution in [3.8, 4) is 0 Å². The topological polar surface area (TPSA) is 91.3 Å². The number of carboxylic acids is 1. The van der Waals surface area contributed by atoms with Crippen molar-refractivity contribution in [1.82, 2.24) is 10.3 Å². The number of pyridine rings is 1. The van der Waals surface area contributed by atoms with Crippen LogP contribution in [0.4, 0.5) is 10.6 Å². The lowest BCUT2D eigenvalue weighted by molar-refractivity contribution is -0.137. The summed E-state index contributed by atoms with van der Waals surface area (Å²) in [6, 6.07) is 3.19. The van der Waals surface area contributed by atoms with Crippen molar-refractivity contribution in [2.75, 3.05) is 18.1 Å². The van der Waals surface area contributed by atoms with E-state index in [1.54, 1.807) is 24.0 Å². The first-order chi connectivity index (χ1) is 8.61. The number of nitrogens with zero attached hydrogens (tertiary/aromatic N) is 1. The lowest BCUT2D eigenvalue weighted by Gasteiger charge is -2.06. The number of hydrogen-bond acceptors (Lipinski definition) is 4. The van der Waals surface area contributed by atoms with Crippen molar-refractivity contribution in [2.24, 2.45) is 0 Å². The van der Waals surface area contributed by atoms with Gasteiger partial charge in [0.1, 0.15) is 5.82 Å². The van der Waals surface area contributed by atoms with Crippen LogP contribution in [0.5, 0.6) is 0 Å². The van der Waals surface area contributed by atoms with Gasteiger partial charge in [-0.3, -0.25) is 10.1 Å². The molecule has 0 aliphatic rings. The second kappa shape index (κ2) is 7.54. The van der Waals surface area contributed by atoms with Gasteiger partial charge in [-0.2, -0.15) is 0 Å². The quantitative estimate of drug-likeness (QED) is 0.541. The summed E-state index contributed by atoms with van der Waals surface area (Å²) < 4.78 is 0. The van der Waals surface area contributed by atoms with E-state index in [-0.39, 0.29) is 12.5 Å². The fourth-order valence-corrected chi connectivity index (χ4v) is 1.54. The molecule has 0 aromatic carbocycles. The second-order valence-corrected chi connectivity index (χ2v) is 4.34. The number of urea groups is 1. The van der Waals surface area contributed by atoms with Gasteiger partial charge >= 0.3 is 12.0 Å². The molecule has 18 heavy (non-hydrogen) atoms. The molecule has 1 aromatic heterocycles. The van der Waals surface area contributed by atoms with Gasteiger partial charge in [-0.1, -0.05) is 0 Å². The average Bonchev–Trinajstić information content (AvgIpc) is 2.35. The molecular formula is C11H15N3O3S. The van der Waals surface area contributed by atoms with Crippen LogP contribution in [0, 0.1) is 0 Å². The minimum Gasteiger partial charge on any atom is -0.481 e. The number of hydrogen-bond donors (Lipinski definition) is 3. The fraction of sp³-hybridized carbons (Fsp3) is 0.364. The van der Waals surface area contributed by atoms with Gasteiger partial charge in [0.2, 0.25) is 0 Å². The standard InChI is InChI=1S/C11H15N3O3S/c1-18-8-4-5-9(13-7-8)14-11(17)12-6-2-3-10(15)16/h4-5,7H,2-3,6H2,1H3,(H,15,16)(H2,12,13,14,17).